The number of allylic oxidation sites excluding steroid dienone is 5. The molecule has 0 aliphatic rings. The summed E-state index contributed by atoms with van der Waals surface area (Å²) >= 11 is 0. The van der Waals surface area contributed by atoms with Crippen LogP contribution in [-0.4, -0.2) is 12.6 Å². The van der Waals surface area contributed by atoms with Crippen LogP contribution in [0.3, 0.4) is 0 Å². The molecular formula is C38H70O2. The van der Waals surface area contributed by atoms with Crippen molar-refractivity contribution in [2.24, 2.45) is 17.8 Å². The van der Waals surface area contributed by atoms with Crippen molar-refractivity contribution in [3.8, 4) is 0 Å². The molecule has 0 heterocycles. The Morgan fingerprint density at radius 2 is 1.18 bits per heavy atom. The van der Waals surface area contributed by atoms with Crippen LogP contribution in [0.1, 0.15) is 176 Å². The SMILES string of the molecule is CCCCC/C=C/C/C=C/CCCCCCCC(=O)OC/C=C(\C)CCCC(C)CCCC(C)CCCC(C)C. The Hall–Kier alpha value is -1.31. The quantitative estimate of drug-likeness (QED) is 0.0542. The second kappa shape index (κ2) is 29.2. The first-order valence-electron chi connectivity index (χ1n) is 17.5. The number of hydrogen-bond donors (Lipinski definition) is 0. The summed E-state index contributed by atoms with van der Waals surface area (Å²) in [5.74, 6) is 2.51. The van der Waals surface area contributed by atoms with Crippen molar-refractivity contribution in [1.29, 1.82) is 0 Å². The van der Waals surface area contributed by atoms with Crippen LogP contribution in [0.25, 0.3) is 0 Å². The van der Waals surface area contributed by atoms with E-state index < -0.39 is 0 Å². The van der Waals surface area contributed by atoms with Gasteiger partial charge in [-0.15, -0.1) is 0 Å². The van der Waals surface area contributed by atoms with Crippen LogP contribution in [0.15, 0.2) is 36.0 Å². The molecule has 2 unspecified atom stereocenters. The minimum absolute atomic E-state index is 0.0400. The average Bonchev–Trinajstić information content (AvgIpc) is 2.90. The number of rotatable bonds is 28. The molecule has 2 atom stereocenters. The van der Waals surface area contributed by atoms with Gasteiger partial charge in [0, 0.05) is 6.42 Å². The molecule has 2 heteroatoms. The predicted molar refractivity (Wildman–Crippen MR) is 179 cm³/mol. The normalized spacial score (nSPS) is 14.0. The number of esters is 1. The molecule has 0 rings (SSSR count). The fourth-order valence-electron chi connectivity index (χ4n) is 5.24. The molecule has 0 aromatic rings. The highest BCUT2D eigenvalue weighted by molar-refractivity contribution is 5.69. The van der Waals surface area contributed by atoms with Gasteiger partial charge in [-0.25, -0.2) is 0 Å². The first-order chi connectivity index (χ1) is 19.3. The fraction of sp³-hybridized carbons (Fsp3) is 0.816. The van der Waals surface area contributed by atoms with Crippen molar-refractivity contribution in [3.63, 3.8) is 0 Å². The van der Waals surface area contributed by atoms with Gasteiger partial charge in [0.25, 0.3) is 0 Å². The summed E-state index contributed by atoms with van der Waals surface area (Å²) in [5.41, 5.74) is 1.36. The zero-order valence-electron chi connectivity index (χ0n) is 28.0. The molecule has 0 radical (unpaired) electrons. The minimum atomic E-state index is -0.0400. The van der Waals surface area contributed by atoms with E-state index in [0.717, 1.165) is 43.4 Å². The highest BCUT2D eigenvalue weighted by atomic mass is 16.5. The van der Waals surface area contributed by atoms with Crippen LogP contribution >= 0.6 is 0 Å². The molecule has 0 saturated carbocycles. The summed E-state index contributed by atoms with van der Waals surface area (Å²) in [6.45, 7) is 14.4. The standard InChI is InChI=1S/C38H70O2/c1-7-8-9-10-11-12-13-14-15-16-17-18-19-20-21-31-38(39)40-33-32-37(6)30-24-29-36(5)28-23-27-35(4)26-22-25-34(2)3/h11-12,14-15,32,34-36H,7-10,13,16-31,33H2,1-6H3/b12-11+,15-14+,37-32+. The predicted octanol–water partition coefficient (Wildman–Crippen LogP) is 12.7. The maximum absolute atomic E-state index is 12.0. The van der Waals surface area contributed by atoms with Gasteiger partial charge >= 0.3 is 5.97 Å². The van der Waals surface area contributed by atoms with E-state index in [1.807, 2.05) is 0 Å². The zero-order valence-corrected chi connectivity index (χ0v) is 28.0. The Kier molecular flexibility index (Phi) is 28.2. The lowest BCUT2D eigenvalue weighted by Gasteiger charge is -2.15. The minimum Gasteiger partial charge on any atom is -0.461 e. The summed E-state index contributed by atoms with van der Waals surface area (Å²) in [7, 11) is 0. The van der Waals surface area contributed by atoms with Crippen LogP contribution in [0, 0.1) is 17.8 Å². The molecule has 234 valence electrons. The number of carbonyl (C=O) groups excluding carboxylic acids is 1. The third kappa shape index (κ3) is 29.7. The van der Waals surface area contributed by atoms with Gasteiger partial charge in [-0.3, -0.25) is 4.79 Å². The van der Waals surface area contributed by atoms with Gasteiger partial charge in [-0.2, -0.15) is 0 Å². The van der Waals surface area contributed by atoms with E-state index in [1.54, 1.807) is 0 Å². The van der Waals surface area contributed by atoms with Gasteiger partial charge in [0.05, 0.1) is 0 Å². The molecule has 0 N–H and O–H groups in total. The summed E-state index contributed by atoms with van der Waals surface area (Å²) in [4.78, 5) is 12.0. The summed E-state index contributed by atoms with van der Waals surface area (Å²) in [6, 6.07) is 0. The highest BCUT2D eigenvalue weighted by Crippen LogP contribution is 2.22. The third-order valence-corrected chi connectivity index (χ3v) is 8.15. The molecule has 40 heavy (non-hydrogen) atoms. The van der Waals surface area contributed by atoms with Crippen molar-refractivity contribution < 1.29 is 9.53 Å². The van der Waals surface area contributed by atoms with Crippen LogP contribution in [0.5, 0.6) is 0 Å². The molecule has 0 aliphatic carbocycles. The van der Waals surface area contributed by atoms with Crippen molar-refractivity contribution in [3.05, 3.63) is 36.0 Å². The number of hydrogen-bond acceptors (Lipinski definition) is 2. The van der Waals surface area contributed by atoms with E-state index in [4.69, 9.17) is 4.74 Å². The molecule has 0 fully saturated rings. The van der Waals surface area contributed by atoms with E-state index in [1.165, 1.54) is 108 Å². The van der Waals surface area contributed by atoms with Gasteiger partial charge in [0.15, 0.2) is 0 Å². The van der Waals surface area contributed by atoms with Gasteiger partial charge < -0.3 is 4.74 Å². The Bertz CT molecular complexity index is 642. The van der Waals surface area contributed by atoms with Gasteiger partial charge in [-0.1, -0.05) is 142 Å². The maximum Gasteiger partial charge on any atom is 0.306 e. The second-order valence-electron chi connectivity index (χ2n) is 13.1. The number of unbranched alkanes of at least 4 members (excludes halogenated alkanes) is 8. The monoisotopic (exact) mass is 559 g/mol. The summed E-state index contributed by atoms with van der Waals surface area (Å²) < 4.78 is 5.45. The zero-order chi connectivity index (χ0) is 29.7. The highest BCUT2D eigenvalue weighted by Gasteiger charge is 2.07. The molecule has 0 aromatic heterocycles. The molecule has 2 nitrogen and oxygen atoms in total. The Labute approximate surface area is 251 Å². The Morgan fingerprint density at radius 3 is 1.80 bits per heavy atom. The van der Waals surface area contributed by atoms with Crippen LogP contribution in [0.2, 0.25) is 0 Å². The van der Waals surface area contributed by atoms with E-state index >= 15 is 0 Å². The van der Waals surface area contributed by atoms with Crippen LogP contribution in [-0.2, 0) is 9.53 Å². The first-order valence-corrected chi connectivity index (χ1v) is 17.5. The molecule has 0 aromatic carbocycles. The molecule has 0 saturated heterocycles. The first kappa shape index (κ1) is 38.7. The smallest absolute Gasteiger partial charge is 0.306 e. The van der Waals surface area contributed by atoms with Gasteiger partial charge in [0.2, 0.25) is 0 Å². The van der Waals surface area contributed by atoms with Gasteiger partial charge in [-0.05, 0) is 82.1 Å². The number of ether oxygens (including phenoxy) is 1. The largest absolute Gasteiger partial charge is 0.461 e. The van der Waals surface area contributed by atoms with E-state index in [9.17, 15) is 4.79 Å². The number of carbonyl (C=O) groups is 1. The van der Waals surface area contributed by atoms with Crippen molar-refractivity contribution in [2.45, 2.75) is 176 Å². The van der Waals surface area contributed by atoms with Crippen LogP contribution in [0.4, 0.5) is 0 Å². The van der Waals surface area contributed by atoms with E-state index in [2.05, 4.69) is 71.9 Å². The van der Waals surface area contributed by atoms with E-state index in [-0.39, 0.29) is 5.97 Å². The van der Waals surface area contributed by atoms with Crippen LogP contribution < -0.4 is 0 Å². The van der Waals surface area contributed by atoms with E-state index in [0.29, 0.717) is 13.0 Å². The summed E-state index contributed by atoms with van der Waals surface area (Å²) in [5, 5.41) is 0. The molecular weight excluding hydrogens is 488 g/mol. The molecule has 0 aliphatic heterocycles. The Balaban J connectivity index is 3.61. The molecule has 0 amide bonds. The topological polar surface area (TPSA) is 26.3 Å². The fourth-order valence-corrected chi connectivity index (χ4v) is 5.24. The lowest BCUT2D eigenvalue weighted by molar-refractivity contribution is -0.142. The average molecular weight is 559 g/mol. The lowest BCUT2D eigenvalue weighted by atomic mass is 9.91. The summed E-state index contributed by atoms with van der Waals surface area (Å²) in [6.07, 6.45) is 37.1. The second-order valence-corrected chi connectivity index (χ2v) is 13.1. The Morgan fingerprint density at radius 1 is 0.625 bits per heavy atom. The molecule has 0 spiro atoms. The van der Waals surface area contributed by atoms with Gasteiger partial charge in [0.1, 0.15) is 6.61 Å². The lowest BCUT2D eigenvalue weighted by Crippen LogP contribution is -2.04. The van der Waals surface area contributed by atoms with Crippen molar-refractivity contribution in [2.75, 3.05) is 6.61 Å². The van der Waals surface area contributed by atoms with Crippen molar-refractivity contribution in [1.82, 2.24) is 0 Å². The molecule has 0 bridgehead atoms. The van der Waals surface area contributed by atoms with Crippen molar-refractivity contribution >= 4 is 5.97 Å². The maximum atomic E-state index is 12.0. The third-order valence-electron chi connectivity index (χ3n) is 8.15.